The first-order chi connectivity index (χ1) is 8.06. The minimum absolute atomic E-state index is 0.0325. The highest BCUT2D eigenvalue weighted by atomic mass is 16.5. The van der Waals surface area contributed by atoms with Crippen LogP contribution in [-0.4, -0.2) is 18.8 Å². The molecule has 1 N–H and O–H groups in total. The minimum atomic E-state index is -0.0325. The van der Waals surface area contributed by atoms with Gasteiger partial charge in [0.2, 0.25) is 0 Å². The van der Waals surface area contributed by atoms with Gasteiger partial charge in [0.25, 0.3) is 0 Å². The number of rotatable bonds is 4. The monoisotopic (exact) mass is 233 g/mol. The highest BCUT2D eigenvalue weighted by Gasteiger charge is 2.21. The van der Waals surface area contributed by atoms with Gasteiger partial charge in [-0.3, -0.25) is 0 Å². The first kappa shape index (κ1) is 12.6. The molecule has 1 aliphatic rings. The molecule has 1 aliphatic carbocycles. The lowest BCUT2D eigenvalue weighted by Gasteiger charge is -2.21. The summed E-state index contributed by atoms with van der Waals surface area (Å²) in [5, 5.41) is 3.59. The van der Waals surface area contributed by atoms with Crippen LogP contribution in [0, 0.1) is 0 Å². The van der Waals surface area contributed by atoms with Crippen molar-refractivity contribution < 1.29 is 4.74 Å². The molecule has 0 aliphatic heterocycles. The topological polar surface area (TPSA) is 21.3 Å². The normalized spacial score (nSPS) is 19.4. The molecule has 0 amide bonds. The third-order valence-electron chi connectivity index (χ3n) is 3.16. The average Bonchev–Trinajstić information content (AvgIpc) is 2.67. The molecule has 1 aromatic rings. The van der Waals surface area contributed by atoms with Gasteiger partial charge in [-0.1, -0.05) is 24.3 Å². The number of ether oxygens (including phenoxy) is 1. The van der Waals surface area contributed by atoms with E-state index in [0.29, 0.717) is 6.04 Å². The van der Waals surface area contributed by atoms with E-state index < -0.39 is 0 Å². The standard InChI is InChI=1S/C15H23NO/c1-15(2,3)17-11-10-16-14-9-8-12-6-4-5-7-13(12)14/h4-7,14,16H,8-11H2,1-3H3. The molecule has 0 saturated heterocycles. The van der Waals surface area contributed by atoms with Crippen molar-refractivity contribution in [2.45, 2.75) is 45.3 Å². The molecule has 0 aromatic heterocycles. The average molecular weight is 233 g/mol. The molecule has 0 bridgehead atoms. The lowest BCUT2D eigenvalue weighted by Crippen LogP contribution is -2.28. The van der Waals surface area contributed by atoms with Crippen LogP contribution < -0.4 is 5.32 Å². The summed E-state index contributed by atoms with van der Waals surface area (Å²) in [4.78, 5) is 0. The van der Waals surface area contributed by atoms with E-state index in [1.165, 1.54) is 24.0 Å². The second-order valence-corrected chi connectivity index (χ2v) is 5.71. The Labute approximate surface area is 104 Å². The van der Waals surface area contributed by atoms with E-state index >= 15 is 0 Å². The van der Waals surface area contributed by atoms with Gasteiger partial charge in [-0.05, 0) is 44.7 Å². The second-order valence-electron chi connectivity index (χ2n) is 5.71. The van der Waals surface area contributed by atoms with Crippen molar-refractivity contribution in [1.29, 1.82) is 0 Å². The first-order valence-electron chi connectivity index (χ1n) is 6.51. The van der Waals surface area contributed by atoms with Crippen LogP contribution in [0.25, 0.3) is 0 Å². The van der Waals surface area contributed by atoms with Gasteiger partial charge in [0.1, 0.15) is 0 Å². The Morgan fingerprint density at radius 2 is 2.06 bits per heavy atom. The number of aryl methyl sites for hydroxylation is 1. The van der Waals surface area contributed by atoms with E-state index in [1.54, 1.807) is 0 Å². The predicted octanol–water partition coefficient (Wildman–Crippen LogP) is 3.08. The minimum Gasteiger partial charge on any atom is -0.375 e. The van der Waals surface area contributed by atoms with Crippen molar-refractivity contribution in [1.82, 2.24) is 5.32 Å². The van der Waals surface area contributed by atoms with Gasteiger partial charge in [-0.15, -0.1) is 0 Å². The first-order valence-corrected chi connectivity index (χ1v) is 6.51. The van der Waals surface area contributed by atoms with Crippen LogP contribution in [-0.2, 0) is 11.2 Å². The summed E-state index contributed by atoms with van der Waals surface area (Å²) in [5.41, 5.74) is 2.94. The van der Waals surface area contributed by atoms with E-state index in [-0.39, 0.29) is 5.60 Å². The maximum absolute atomic E-state index is 5.71. The molecule has 0 spiro atoms. The summed E-state index contributed by atoms with van der Waals surface area (Å²) in [7, 11) is 0. The summed E-state index contributed by atoms with van der Waals surface area (Å²) < 4.78 is 5.71. The lowest BCUT2D eigenvalue weighted by molar-refractivity contribution is -0.00162. The number of nitrogens with one attached hydrogen (secondary N) is 1. The largest absolute Gasteiger partial charge is 0.375 e. The summed E-state index contributed by atoms with van der Waals surface area (Å²) in [6, 6.07) is 9.26. The Bertz CT molecular complexity index is 367. The van der Waals surface area contributed by atoms with Gasteiger partial charge < -0.3 is 10.1 Å². The smallest absolute Gasteiger partial charge is 0.0599 e. The molecule has 1 aromatic carbocycles. The molecule has 0 heterocycles. The van der Waals surface area contributed by atoms with Gasteiger partial charge in [-0.25, -0.2) is 0 Å². The molecule has 0 fully saturated rings. The summed E-state index contributed by atoms with van der Waals surface area (Å²) in [6.45, 7) is 7.99. The Balaban J connectivity index is 1.78. The van der Waals surface area contributed by atoms with E-state index in [9.17, 15) is 0 Å². The van der Waals surface area contributed by atoms with Crippen LogP contribution >= 0.6 is 0 Å². The molecule has 0 radical (unpaired) electrons. The SMILES string of the molecule is CC(C)(C)OCCNC1CCc2ccccc21. The molecule has 0 saturated carbocycles. The second kappa shape index (κ2) is 5.19. The highest BCUT2D eigenvalue weighted by Crippen LogP contribution is 2.30. The van der Waals surface area contributed by atoms with Gasteiger partial charge in [0.05, 0.1) is 12.2 Å². The lowest BCUT2D eigenvalue weighted by atomic mass is 10.1. The molecular weight excluding hydrogens is 210 g/mol. The Morgan fingerprint density at radius 3 is 2.82 bits per heavy atom. The van der Waals surface area contributed by atoms with Crippen LogP contribution in [0.4, 0.5) is 0 Å². The zero-order chi connectivity index (χ0) is 12.3. The Hall–Kier alpha value is -0.860. The highest BCUT2D eigenvalue weighted by molar-refractivity contribution is 5.34. The Kier molecular flexibility index (Phi) is 3.85. The van der Waals surface area contributed by atoms with Gasteiger partial charge >= 0.3 is 0 Å². The van der Waals surface area contributed by atoms with Gasteiger partial charge in [-0.2, -0.15) is 0 Å². The fourth-order valence-corrected chi connectivity index (χ4v) is 2.36. The molecule has 1 unspecified atom stereocenters. The van der Waals surface area contributed by atoms with E-state index in [1.807, 2.05) is 0 Å². The third-order valence-corrected chi connectivity index (χ3v) is 3.16. The van der Waals surface area contributed by atoms with Crippen molar-refractivity contribution in [2.24, 2.45) is 0 Å². The molecule has 94 valence electrons. The fourth-order valence-electron chi connectivity index (χ4n) is 2.36. The summed E-state index contributed by atoms with van der Waals surface area (Å²) >= 11 is 0. The third kappa shape index (κ3) is 3.55. The molecular formula is C15H23NO. The fraction of sp³-hybridized carbons (Fsp3) is 0.600. The predicted molar refractivity (Wildman–Crippen MR) is 71.2 cm³/mol. The van der Waals surface area contributed by atoms with Crippen molar-refractivity contribution in [2.75, 3.05) is 13.2 Å². The summed E-state index contributed by atoms with van der Waals surface area (Å²) in [6.07, 6.45) is 2.42. The van der Waals surface area contributed by atoms with Crippen LogP contribution in [0.5, 0.6) is 0 Å². The van der Waals surface area contributed by atoms with E-state index in [2.05, 4.69) is 50.4 Å². The maximum Gasteiger partial charge on any atom is 0.0599 e. The molecule has 1 atom stereocenters. The van der Waals surface area contributed by atoms with Crippen molar-refractivity contribution in [3.8, 4) is 0 Å². The zero-order valence-corrected chi connectivity index (χ0v) is 11.1. The van der Waals surface area contributed by atoms with Gasteiger partial charge in [0, 0.05) is 12.6 Å². The number of fused-ring (bicyclic) bond motifs is 1. The van der Waals surface area contributed by atoms with Crippen molar-refractivity contribution in [3.05, 3.63) is 35.4 Å². The molecule has 17 heavy (non-hydrogen) atoms. The Morgan fingerprint density at radius 1 is 1.29 bits per heavy atom. The maximum atomic E-state index is 5.71. The van der Waals surface area contributed by atoms with Crippen LogP contribution in [0.15, 0.2) is 24.3 Å². The van der Waals surface area contributed by atoms with Crippen molar-refractivity contribution >= 4 is 0 Å². The van der Waals surface area contributed by atoms with Crippen LogP contribution in [0.2, 0.25) is 0 Å². The quantitative estimate of drug-likeness (QED) is 0.807. The van der Waals surface area contributed by atoms with Crippen LogP contribution in [0.3, 0.4) is 0 Å². The molecule has 2 nitrogen and oxygen atoms in total. The molecule has 2 heteroatoms. The van der Waals surface area contributed by atoms with Crippen LogP contribution in [0.1, 0.15) is 44.4 Å². The van der Waals surface area contributed by atoms with E-state index in [0.717, 1.165) is 13.2 Å². The number of hydrogen-bond donors (Lipinski definition) is 1. The summed E-state index contributed by atoms with van der Waals surface area (Å²) in [5.74, 6) is 0. The number of benzene rings is 1. The van der Waals surface area contributed by atoms with E-state index in [4.69, 9.17) is 4.74 Å². The van der Waals surface area contributed by atoms with Gasteiger partial charge in [0.15, 0.2) is 0 Å². The number of hydrogen-bond acceptors (Lipinski definition) is 2. The zero-order valence-electron chi connectivity index (χ0n) is 11.1. The van der Waals surface area contributed by atoms with Crippen molar-refractivity contribution in [3.63, 3.8) is 0 Å². The molecule has 2 rings (SSSR count).